The molecule has 0 unspecified atom stereocenters. The van der Waals surface area contributed by atoms with E-state index in [9.17, 15) is 4.79 Å². The van der Waals surface area contributed by atoms with E-state index in [0.29, 0.717) is 6.42 Å². The zero-order valence-corrected chi connectivity index (χ0v) is 6.93. The van der Waals surface area contributed by atoms with Crippen LogP contribution in [0.4, 0.5) is 0 Å². The Kier molecular flexibility index (Phi) is 3.30. The van der Waals surface area contributed by atoms with E-state index in [-0.39, 0.29) is 5.78 Å². The lowest BCUT2D eigenvalue weighted by Gasteiger charge is -2.13. The largest absolute Gasteiger partial charge is 0.381 e. The van der Waals surface area contributed by atoms with E-state index in [1.807, 2.05) is 6.92 Å². The molecule has 0 aromatic rings. The fourth-order valence-electron chi connectivity index (χ4n) is 1.11. The standard InChI is InChI=1S/C9H14O2/c1-2-9(10)7-8-3-5-11-6-4-8/h7H,2-6H2,1H3. The molecule has 0 N–H and O–H groups in total. The maximum Gasteiger partial charge on any atom is 0.155 e. The first-order chi connectivity index (χ1) is 5.33. The third-order valence-electron chi connectivity index (χ3n) is 1.85. The minimum atomic E-state index is 0.238. The number of ketones is 1. The molecule has 0 aromatic heterocycles. The Balaban J connectivity index is 2.43. The van der Waals surface area contributed by atoms with Crippen LogP contribution in [0.3, 0.4) is 0 Å². The van der Waals surface area contributed by atoms with Gasteiger partial charge < -0.3 is 4.74 Å². The predicted molar refractivity (Wildman–Crippen MR) is 43.4 cm³/mol. The fraction of sp³-hybridized carbons (Fsp3) is 0.667. The first-order valence-corrected chi connectivity index (χ1v) is 4.13. The Morgan fingerprint density at radius 1 is 1.55 bits per heavy atom. The summed E-state index contributed by atoms with van der Waals surface area (Å²) in [6.45, 7) is 3.45. The number of carbonyl (C=O) groups excluding carboxylic acids is 1. The van der Waals surface area contributed by atoms with Crippen LogP contribution < -0.4 is 0 Å². The maximum atomic E-state index is 11.0. The van der Waals surface area contributed by atoms with Crippen LogP contribution in [0.2, 0.25) is 0 Å². The van der Waals surface area contributed by atoms with Gasteiger partial charge >= 0.3 is 0 Å². The summed E-state index contributed by atoms with van der Waals surface area (Å²) in [5.41, 5.74) is 1.25. The zero-order valence-electron chi connectivity index (χ0n) is 6.93. The van der Waals surface area contributed by atoms with Crippen molar-refractivity contribution in [2.75, 3.05) is 13.2 Å². The number of rotatable bonds is 2. The van der Waals surface area contributed by atoms with Crippen LogP contribution in [0.25, 0.3) is 0 Å². The Morgan fingerprint density at radius 3 is 2.73 bits per heavy atom. The Bertz CT molecular complexity index is 162. The Labute approximate surface area is 67.2 Å². The number of carbonyl (C=O) groups is 1. The van der Waals surface area contributed by atoms with Crippen molar-refractivity contribution in [3.8, 4) is 0 Å². The topological polar surface area (TPSA) is 26.3 Å². The molecule has 0 aliphatic carbocycles. The van der Waals surface area contributed by atoms with Crippen molar-refractivity contribution in [3.05, 3.63) is 11.6 Å². The molecule has 0 radical (unpaired) electrons. The van der Waals surface area contributed by atoms with Gasteiger partial charge in [0, 0.05) is 6.42 Å². The fourth-order valence-corrected chi connectivity index (χ4v) is 1.11. The van der Waals surface area contributed by atoms with Gasteiger partial charge in [-0.25, -0.2) is 0 Å². The van der Waals surface area contributed by atoms with Gasteiger partial charge in [0.1, 0.15) is 0 Å². The molecule has 0 aromatic carbocycles. The summed E-state index contributed by atoms with van der Waals surface area (Å²) in [7, 11) is 0. The molecule has 0 bridgehead atoms. The quantitative estimate of drug-likeness (QED) is 0.566. The summed E-state index contributed by atoms with van der Waals surface area (Å²) in [5, 5.41) is 0. The number of hydrogen-bond acceptors (Lipinski definition) is 2. The molecule has 1 aliphatic heterocycles. The lowest BCUT2D eigenvalue weighted by atomic mass is 10.1. The molecular formula is C9H14O2. The van der Waals surface area contributed by atoms with Gasteiger partial charge in [-0.3, -0.25) is 4.79 Å². The molecule has 0 spiro atoms. The lowest BCUT2D eigenvalue weighted by molar-refractivity contribution is -0.114. The number of ether oxygens (including phenoxy) is 1. The van der Waals surface area contributed by atoms with Crippen molar-refractivity contribution in [3.63, 3.8) is 0 Å². The molecule has 62 valence electrons. The lowest BCUT2D eigenvalue weighted by Crippen LogP contribution is -2.08. The van der Waals surface area contributed by atoms with Crippen LogP contribution in [0, 0.1) is 0 Å². The number of hydrogen-bond donors (Lipinski definition) is 0. The molecule has 1 rings (SSSR count). The molecule has 1 saturated heterocycles. The summed E-state index contributed by atoms with van der Waals surface area (Å²) >= 11 is 0. The minimum absolute atomic E-state index is 0.238. The molecule has 1 fully saturated rings. The molecule has 0 amide bonds. The van der Waals surface area contributed by atoms with Crippen molar-refractivity contribution >= 4 is 5.78 Å². The zero-order chi connectivity index (χ0) is 8.10. The Hall–Kier alpha value is -0.630. The minimum Gasteiger partial charge on any atom is -0.381 e. The third-order valence-corrected chi connectivity index (χ3v) is 1.85. The summed E-state index contributed by atoms with van der Waals surface area (Å²) in [5.74, 6) is 0.238. The van der Waals surface area contributed by atoms with Gasteiger partial charge in [-0.1, -0.05) is 12.5 Å². The van der Waals surface area contributed by atoms with Crippen LogP contribution >= 0.6 is 0 Å². The highest BCUT2D eigenvalue weighted by atomic mass is 16.5. The van der Waals surface area contributed by atoms with Crippen molar-refractivity contribution in [2.24, 2.45) is 0 Å². The van der Waals surface area contributed by atoms with E-state index in [0.717, 1.165) is 26.1 Å². The van der Waals surface area contributed by atoms with E-state index >= 15 is 0 Å². The van der Waals surface area contributed by atoms with E-state index in [4.69, 9.17) is 4.74 Å². The smallest absolute Gasteiger partial charge is 0.155 e. The van der Waals surface area contributed by atoms with Gasteiger partial charge in [-0.15, -0.1) is 0 Å². The first-order valence-electron chi connectivity index (χ1n) is 4.13. The summed E-state index contributed by atoms with van der Waals surface area (Å²) in [6.07, 6.45) is 4.27. The second kappa shape index (κ2) is 4.29. The van der Waals surface area contributed by atoms with Gasteiger partial charge in [0.25, 0.3) is 0 Å². The van der Waals surface area contributed by atoms with Gasteiger partial charge in [-0.2, -0.15) is 0 Å². The molecule has 2 nitrogen and oxygen atoms in total. The van der Waals surface area contributed by atoms with Crippen LogP contribution in [0.15, 0.2) is 11.6 Å². The number of allylic oxidation sites excluding steroid dienone is 1. The normalized spacial score (nSPS) is 18.1. The average molecular weight is 154 g/mol. The maximum absolute atomic E-state index is 11.0. The highest BCUT2D eigenvalue weighted by Gasteiger charge is 2.05. The highest BCUT2D eigenvalue weighted by Crippen LogP contribution is 2.13. The van der Waals surface area contributed by atoms with Gasteiger partial charge in [0.15, 0.2) is 5.78 Å². The first kappa shape index (κ1) is 8.47. The third kappa shape index (κ3) is 2.85. The molecule has 0 saturated carbocycles. The van der Waals surface area contributed by atoms with E-state index in [1.54, 1.807) is 6.08 Å². The van der Waals surface area contributed by atoms with Crippen LogP contribution in [0.1, 0.15) is 26.2 Å². The SMILES string of the molecule is CCC(=O)C=C1CCOCC1. The molecule has 2 heteroatoms. The summed E-state index contributed by atoms with van der Waals surface area (Å²) in [6, 6.07) is 0. The second-order valence-electron chi connectivity index (χ2n) is 2.73. The van der Waals surface area contributed by atoms with Crippen LogP contribution in [0.5, 0.6) is 0 Å². The monoisotopic (exact) mass is 154 g/mol. The molecular weight excluding hydrogens is 140 g/mol. The van der Waals surface area contributed by atoms with Crippen molar-refractivity contribution in [2.45, 2.75) is 26.2 Å². The predicted octanol–water partition coefficient (Wildman–Crippen LogP) is 1.70. The molecule has 11 heavy (non-hydrogen) atoms. The van der Waals surface area contributed by atoms with Crippen LogP contribution in [-0.2, 0) is 9.53 Å². The second-order valence-corrected chi connectivity index (χ2v) is 2.73. The molecule has 0 atom stereocenters. The van der Waals surface area contributed by atoms with Crippen molar-refractivity contribution < 1.29 is 9.53 Å². The van der Waals surface area contributed by atoms with Gasteiger partial charge in [0.05, 0.1) is 13.2 Å². The van der Waals surface area contributed by atoms with E-state index < -0.39 is 0 Å². The molecule has 1 aliphatic rings. The summed E-state index contributed by atoms with van der Waals surface area (Å²) in [4.78, 5) is 11.0. The highest BCUT2D eigenvalue weighted by molar-refractivity contribution is 5.90. The molecule has 1 heterocycles. The van der Waals surface area contributed by atoms with E-state index in [2.05, 4.69) is 0 Å². The van der Waals surface area contributed by atoms with Crippen molar-refractivity contribution in [1.82, 2.24) is 0 Å². The summed E-state index contributed by atoms with van der Waals surface area (Å²) < 4.78 is 5.16. The average Bonchev–Trinajstić information content (AvgIpc) is 2.06. The Morgan fingerprint density at radius 2 is 2.18 bits per heavy atom. The van der Waals surface area contributed by atoms with E-state index in [1.165, 1.54) is 5.57 Å². The van der Waals surface area contributed by atoms with Crippen molar-refractivity contribution in [1.29, 1.82) is 0 Å². The van der Waals surface area contributed by atoms with Gasteiger partial charge in [-0.05, 0) is 18.9 Å². The van der Waals surface area contributed by atoms with Gasteiger partial charge in [0.2, 0.25) is 0 Å². The van der Waals surface area contributed by atoms with Crippen LogP contribution in [-0.4, -0.2) is 19.0 Å².